The van der Waals surface area contributed by atoms with Crippen molar-refractivity contribution in [2.24, 2.45) is 0 Å². The van der Waals surface area contributed by atoms with Crippen LogP contribution in [0.25, 0.3) is 21.5 Å². The maximum atomic E-state index is 12.9. The molecule has 1 N–H and O–H groups in total. The Kier molecular flexibility index (Phi) is 4.48. The molecule has 7 nitrogen and oxygen atoms in total. The first kappa shape index (κ1) is 18.3. The molecule has 0 saturated carbocycles. The van der Waals surface area contributed by atoms with Crippen LogP contribution < -0.4 is 5.32 Å². The van der Waals surface area contributed by atoms with E-state index in [9.17, 15) is 13.2 Å². The molecule has 0 aliphatic carbocycles. The van der Waals surface area contributed by atoms with E-state index in [2.05, 4.69) is 15.5 Å². The van der Waals surface area contributed by atoms with E-state index in [1.54, 1.807) is 19.1 Å². The number of aromatic nitrogens is 2. The average Bonchev–Trinajstić information content (AvgIpc) is 3.23. The van der Waals surface area contributed by atoms with Crippen LogP contribution in [0.3, 0.4) is 0 Å². The van der Waals surface area contributed by atoms with Gasteiger partial charge in [-0.25, -0.2) is 13.4 Å². The summed E-state index contributed by atoms with van der Waals surface area (Å²) >= 11 is 1.20. The maximum absolute atomic E-state index is 12.9. The van der Waals surface area contributed by atoms with Crippen molar-refractivity contribution >= 4 is 42.4 Å². The highest BCUT2D eigenvalue weighted by atomic mass is 32.2. The highest BCUT2D eigenvalue weighted by molar-refractivity contribution is 7.90. The summed E-state index contributed by atoms with van der Waals surface area (Å²) in [4.78, 5) is 17.4. The molecule has 28 heavy (non-hydrogen) atoms. The van der Waals surface area contributed by atoms with Crippen LogP contribution in [0.5, 0.6) is 0 Å². The van der Waals surface area contributed by atoms with Crippen molar-refractivity contribution in [3.8, 4) is 11.3 Å². The zero-order valence-corrected chi connectivity index (χ0v) is 16.6. The molecule has 9 heteroatoms. The van der Waals surface area contributed by atoms with Gasteiger partial charge >= 0.3 is 0 Å². The molecule has 4 aromatic rings. The van der Waals surface area contributed by atoms with Crippen LogP contribution in [0, 0.1) is 6.92 Å². The van der Waals surface area contributed by atoms with Crippen LogP contribution in [0.1, 0.15) is 16.1 Å². The Balaban J connectivity index is 1.67. The number of aryl methyl sites for hydroxylation is 1. The fraction of sp³-hybridized carbons (Fsp3) is 0.105. The second-order valence-corrected chi connectivity index (χ2v) is 9.25. The van der Waals surface area contributed by atoms with E-state index in [-0.39, 0.29) is 10.8 Å². The van der Waals surface area contributed by atoms with Crippen LogP contribution in [-0.2, 0) is 9.84 Å². The topological polar surface area (TPSA) is 102 Å². The van der Waals surface area contributed by atoms with Crippen molar-refractivity contribution in [1.29, 1.82) is 0 Å². The lowest BCUT2D eigenvalue weighted by molar-refractivity contribution is 0.102. The molecule has 0 fully saturated rings. The second-order valence-electron chi connectivity index (χ2n) is 6.20. The Bertz CT molecular complexity index is 1290. The van der Waals surface area contributed by atoms with Crippen molar-refractivity contribution < 1.29 is 17.7 Å². The number of amides is 1. The molecule has 0 spiro atoms. The lowest BCUT2D eigenvalue weighted by Gasteiger charge is -2.02. The van der Waals surface area contributed by atoms with E-state index in [0.717, 1.165) is 11.8 Å². The summed E-state index contributed by atoms with van der Waals surface area (Å²) in [6.45, 7) is 1.67. The van der Waals surface area contributed by atoms with Crippen LogP contribution in [-0.4, -0.2) is 30.7 Å². The maximum Gasteiger partial charge on any atom is 0.263 e. The summed E-state index contributed by atoms with van der Waals surface area (Å²) in [5, 5.41) is 7.14. The molecule has 0 unspecified atom stereocenters. The first-order chi connectivity index (χ1) is 13.3. The van der Waals surface area contributed by atoms with E-state index in [0.29, 0.717) is 32.4 Å². The number of nitrogens with zero attached hydrogens (tertiary/aromatic N) is 2. The zero-order valence-electron chi connectivity index (χ0n) is 15.0. The molecule has 4 rings (SSSR count). The molecule has 0 aliphatic heterocycles. The minimum Gasteiger partial charge on any atom is -0.360 e. The smallest absolute Gasteiger partial charge is 0.263 e. The minimum absolute atomic E-state index is 0.211. The van der Waals surface area contributed by atoms with Crippen molar-refractivity contribution in [3.05, 3.63) is 59.9 Å². The van der Waals surface area contributed by atoms with Gasteiger partial charge in [0.05, 0.1) is 15.1 Å². The van der Waals surface area contributed by atoms with Gasteiger partial charge in [0.25, 0.3) is 5.91 Å². The van der Waals surface area contributed by atoms with E-state index >= 15 is 0 Å². The van der Waals surface area contributed by atoms with Gasteiger partial charge in [0, 0.05) is 11.8 Å². The summed E-state index contributed by atoms with van der Waals surface area (Å²) in [5.74, 6) is 0.0109. The van der Waals surface area contributed by atoms with Gasteiger partial charge in [-0.2, -0.15) is 0 Å². The predicted molar refractivity (Wildman–Crippen MR) is 107 cm³/mol. The van der Waals surface area contributed by atoms with Crippen molar-refractivity contribution in [1.82, 2.24) is 10.1 Å². The lowest BCUT2D eigenvalue weighted by Crippen LogP contribution is -2.13. The summed E-state index contributed by atoms with van der Waals surface area (Å²) in [7, 11) is -3.31. The first-order valence-electron chi connectivity index (χ1n) is 8.26. The Morgan fingerprint density at radius 1 is 1.14 bits per heavy atom. The van der Waals surface area contributed by atoms with Crippen molar-refractivity contribution in [3.63, 3.8) is 0 Å². The molecule has 0 saturated heterocycles. The van der Waals surface area contributed by atoms with Crippen LogP contribution in [0.15, 0.2) is 57.9 Å². The fourth-order valence-electron chi connectivity index (χ4n) is 2.78. The molecule has 2 heterocycles. The Morgan fingerprint density at radius 3 is 2.61 bits per heavy atom. The van der Waals surface area contributed by atoms with Gasteiger partial charge < -0.3 is 4.52 Å². The Labute approximate surface area is 164 Å². The number of carbonyl (C=O) groups excluding carboxylic acids is 1. The molecule has 0 aliphatic rings. The Hall–Kier alpha value is -3.04. The van der Waals surface area contributed by atoms with Gasteiger partial charge in [-0.15, -0.1) is 0 Å². The van der Waals surface area contributed by atoms with E-state index in [1.807, 2.05) is 30.3 Å². The zero-order chi connectivity index (χ0) is 19.9. The molecule has 1 amide bonds. The standard InChI is InChI=1S/C19H15N3O4S2/c1-11-16(17(22-26-11)12-6-4-3-5-7-12)18(23)21-19-20-14-9-8-13(28(2,24)25)10-15(14)27-19/h3-10H,1-2H3,(H,20,21,23). The summed E-state index contributed by atoms with van der Waals surface area (Å²) in [6, 6.07) is 14.0. The quantitative estimate of drug-likeness (QED) is 0.544. The molecule has 142 valence electrons. The number of anilines is 1. The molecule has 0 atom stereocenters. The molecule has 2 aromatic carbocycles. The Morgan fingerprint density at radius 2 is 1.89 bits per heavy atom. The monoisotopic (exact) mass is 413 g/mol. The molecule has 0 radical (unpaired) electrons. The summed E-state index contributed by atoms with van der Waals surface area (Å²) in [5.41, 5.74) is 2.17. The summed E-state index contributed by atoms with van der Waals surface area (Å²) < 4.78 is 29.3. The third kappa shape index (κ3) is 3.41. The van der Waals surface area contributed by atoms with E-state index in [4.69, 9.17) is 4.52 Å². The number of fused-ring (bicyclic) bond motifs is 1. The molecular weight excluding hydrogens is 398 g/mol. The number of rotatable bonds is 4. The van der Waals surface area contributed by atoms with Gasteiger partial charge in [0.1, 0.15) is 17.0 Å². The van der Waals surface area contributed by atoms with Crippen LogP contribution in [0.2, 0.25) is 0 Å². The highest BCUT2D eigenvalue weighted by Crippen LogP contribution is 2.30. The number of hydrogen-bond acceptors (Lipinski definition) is 7. The largest absolute Gasteiger partial charge is 0.360 e. The number of thiazole rings is 1. The fourth-order valence-corrected chi connectivity index (χ4v) is 4.40. The average molecular weight is 413 g/mol. The van der Waals surface area contributed by atoms with Gasteiger partial charge in [0.15, 0.2) is 15.0 Å². The van der Waals surface area contributed by atoms with Gasteiger partial charge in [-0.3, -0.25) is 10.1 Å². The second kappa shape index (κ2) is 6.84. The molecule has 2 aromatic heterocycles. The first-order valence-corrected chi connectivity index (χ1v) is 11.0. The third-order valence-electron chi connectivity index (χ3n) is 4.15. The number of carbonyl (C=O) groups is 1. The van der Waals surface area contributed by atoms with Gasteiger partial charge in [0.2, 0.25) is 0 Å². The number of sulfone groups is 1. The van der Waals surface area contributed by atoms with Gasteiger partial charge in [-0.05, 0) is 25.1 Å². The number of hydrogen-bond donors (Lipinski definition) is 1. The molecular formula is C19H15N3O4S2. The van der Waals surface area contributed by atoms with Crippen LogP contribution >= 0.6 is 11.3 Å². The van der Waals surface area contributed by atoms with Crippen molar-refractivity contribution in [2.75, 3.05) is 11.6 Å². The number of nitrogens with one attached hydrogen (secondary N) is 1. The minimum atomic E-state index is -3.31. The third-order valence-corrected chi connectivity index (χ3v) is 6.19. The van der Waals surface area contributed by atoms with Crippen LogP contribution in [0.4, 0.5) is 5.13 Å². The summed E-state index contributed by atoms with van der Waals surface area (Å²) in [6.07, 6.45) is 1.15. The normalized spacial score (nSPS) is 11.6. The highest BCUT2D eigenvalue weighted by Gasteiger charge is 2.22. The predicted octanol–water partition coefficient (Wildman–Crippen LogP) is 3.92. The molecule has 0 bridgehead atoms. The van der Waals surface area contributed by atoms with E-state index in [1.165, 1.54) is 17.4 Å². The number of benzene rings is 2. The lowest BCUT2D eigenvalue weighted by atomic mass is 10.1. The SMILES string of the molecule is Cc1onc(-c2ccccc2)c1C(=O)Nc1nc2ccc(S(C)(=O)=O)cc2s1. The van der Waals surface area contributed by atoms with Gasteiger partial charge in [-0.1, -0.05) is 46.8 Å². The van der Waals surface area contributed by atoms with E-state index < -0.39 is 9.84 Å². The van der Waals surface area contributed by atoms with Crippen molar-refractivity contribution in [2.45, 2.75) is 11.8 Å².